The van der Waals surface area contributed by atoms with E-state index in [0.717, 1.165) is 0 Å². The van der Waals surface area contributed by atoms with Crippen molar-refractivity contribution < 1.29 is 9.59 Å². The zero-order valence-electron chi connectivity index (χ0n) is 4.39. The molecule has 1 N–H and O–H groups in total. The Kier molecular flexibility index (Phi) is 0.901. The largest absolute Gasteiger partial charge is 0.355 e. The first-order chi connectivity index (χ1) is 3.72. The normalized spacial score (nSPS) is 13.9. The van der Waals surface area contributed by atoms with Gasteiger partial charge in [0, 0.05) is 13.1 Å². The molecule has 0 aromatic carbocycles. The number of rotatable bonds is 2. The number of allylic oxidation sites excluding steroid dienone is 1. The number of Topliss-reactive ketones (excluding diaryl/α,β-unsaturated/α-hetero) is 2. The summed E-state index contributed by atoms with van der Waals surface area (Å²) in [5, 5.41) is 2.54. The molecular formula is C5H5NO2. The van der Waals surface area contributed by atoms with Gasteiger partial charge in [0.05, 0.1) is 0 Å². The minimum atomic E-state index is -0.426. The van der Waals surface area contributed by atoms with Gasteiger partial charge in [0.25, 0.3) is 0 Å². The summed E-state index contributed by atoms with van der Waals surface area (Å²) in [4.78, 5) is 20.6. The molecule has 42 valence electrons. The Hall–Kier alpha value is -1.12. The Morgan fingerprint density at radius 3 is 2.25 bits per heavy atom. The molecule has 0 aromatic rings. The van der Waals surface area contributed by atoms with Crippen LogP contribution in [0.4, 0.5) is 0 Å². The molecule has 1 heterocycles. The van der Waals surface area contributed by atoms with Crippen molar-refractivity contribution in [3.05, 3.63) is 11.9 Å². The molecule has 0 unspecified atom stereocenters. The molecule has 0 aromatic heterocycles. The SMILES string of the molecule is CC(=O)C(=O)C1=CN1. The van der Waals surface area contributed by atoms with Gasteiger partial charge >= 0.3 is 0 Å². The van der Waals surface area contributed by atoms with Crippen LogP contribution in [0.5, 0.6) is 0 Å². The molecule has 3 nitrogen and oxygen atoms in total. The maximum Gasteiger partial charge on any atom is 0.245 e. The van der Waals surface area contributed by atoms with Crippen LogP contribution in [-0.4, -0.2) is 11.6 Å². The van der Waals surface area contributed by atoms with Crippen LogP contribution in [0.15, 0.2) is 11.9 Å². The average molecular weight is 111 g/mol. The third-order valence-corrected chi connectivity index (χ3v) is 0.853. The second-order valence-corrected chi connectivity index (χ2v) is 1.59. The number of carbonyl (C=O) groups is 2. The Morgan fingerprint density at radius 1 is 1.62 bits per heavy atom. The van der Waals surface area contributed by atoms with E-state index in [1.807, 2.05) is 0 Å². The highest BCUT2D eigenvalue weighted by molar-refractivity contribution is 6.43. The summed E-state index contributed by atoms with van der Waals surface area (Å²) in [7, 11) is 0. The summed E-state index contributed by atoms with van der Waals surface area (Å²) in [6.07, 6.45) is 1.50. The molecule has 0 spiro atoms. The Labute approximate surface area is 46.4 Å². The van der Waals surface area contributed by atoms with E-state index in [1.165, 1.54) is 13.1 Å². The number of nitrogens with one attached hydrogen (secondary N) is 1. The van der Waals surface area contributed by atoms with E-state index in [4.69, 9.17) is 0 Å². The highest BCUT2D eigenvalue weighted by atomic mass is 16.2. The maximum absolute atomic E-state index is 10.4. The molecule has 1 aliphatic heterocycles. The lowest BCUT2D eigenvalue weighted by molar-refractivity contribution is -0.132. The van der Waals surface area contributed by atoms with Gasteiger partial charge in [0.2, 0.25) is 11.6 Å². The van der Waals surface area contributed by atoms with Crippen LogP contribution >= 0.6 is 0 Å². The molecule has 0 amide bonds. The predicted molar refractivity (Wildman–Crippen MR) is 26.9 cm³/mol. The minimum absolute atomic E-state index is 0.416. The lowest BCUT2D eigenvalue weighted by atomic mass is 10.3. The molecule has 0 atom stereocenters. The second kappa shape index (κ2) is 1.43. The first-order valence-electron chi connectivity index (χ1n) is 2.24. The monoisotopic (exact) mass is 111 g/mol. The lowest BCUT2D eigenvalue weighted by Crippen LogP contribution is -2.09. The van der Waals surface area contributed by atoms with Crippen LogP contribution in [0.1, 0.15) is 6.92 Å². The van der Waals surface area contributed by atoms with Gasteiger partial charge in [0.15, 0.2) is 0 Å². The number of carbonyl (C=O) groups excluding carboxylic acids is 2. The van der Waals surface area contributed by atoms with Gasteiger partial charge in [-0.3, -0.25) is 9.59 Å². The van der Waals surface area contributed by atoms with Crippen molar-refractivity contribution in [3.8, 4) is 0 Å². The van der Waals surface area contributed by atoms with Crippen molar-refractivity contribution in [1.82, 2.24) is 5.32 Å². The number of ketones is 2. The number of hydrogen-bond acceptors (Lipinski definition) is 3. The Bertz CT molecular complexity index is 177. The van der Waals surface area contributed by atoms with E-state index >= 15 is 0 Å². The second-order valence-electron chi connectivity index (χ2n) is 1.59. The fourth-order valence-electron chi connectivity index (χ4n) is 0.357. The molecule has 0 saturated carbocycles. The Balaban J connectivity index is 2.58. The molecule has 1 aliphatic rings. The average Bonchev–Trinajstić information content (AvgIpc) is 2.43. The van der Waals surface area contributed by atoms with Gasteiger partial charge in [-0.25, -0.2) is 0 Å². The van der Waals surface area contributed by atoms with Gasteiger partial charge < -0.3 is 5.32 Å². The van der Waals surface area contributed by atoms with Crippen LogP contribution in [0.2, 0.25) is 0 Å². The summed E-state index contributed by atoms with van der Waals surface area (Å²) >= 11 is 0. The molecule has 0 radical (unpaired) electrons. The van der Waals surface area contributed by atoms with Crippen molar-refractivity contribution in [2.75, 3.05) is 0 Å². The smallest absolute Gasteiger partial charge is 0.245 e. The minimum Gasteiger partial charge on any atom is -0.355 e. The van der Waals surface area contributed by atoms with Crippen molar-refractivity contribution in [2.45, 2.75) is 6.92 Å². The van der Waals surface area contributed by atoms with Crippen molar-refractivity contribution in [2.24, 2.45) is 0 Å². The zero-order valence-corrected chi connectivity index (χ0v) is 4.39. The summed E-state index contributed by atoms with van der Waals surface area (Å²) in [5.41, 5.74) is 0.428. The summed E-state index contributed by atoms with van der Waals surface area (Å²) in [5.74, 6) is -0.841. The van der Waals surface area contributed by atoms with Gasteiger partial charge in [0.1, 0.15) is 5.70 Å². The quantitative estimate of drug-likeness (QED) is 0.493. The topological polar surface area (TPSA) is 56.1 Å². The van der Waals surface area contributed by atoms with Crippen molar-refractivity contribution >= 4 is 11.6 Å². The summed E-state index contributed by atoms with van der Waals surface area (Å²) in [6.45, 7) is 1.25. The summed E-state index contributed by atoms with van der Waals surface area (Å²) in [6, 6.07) is 0. The van der Waals surface area contributed by atoms with E-state index in [9.17, 15) is 9.59 Å². The standard InChI is InChI=1S/C5H5NO2/c1-3(7)5(8)4-2-6-4/h2,6H,1H3. The molecule has 0 saturated heterocycles. The zero-order chi connectivity index (χ0) is 6.15. The number of hydrogen-bond donors (Lipinski definition) is 1. The van der Waals surface area contributed by atoms with E-state index < -0.39 is 11.6 Å². The van der Waals surface area contributed by atoms with Crippen LogP contribution < -0.4 is 5.32 Å². The van der Waals surface area contributed by atoms with Crippen LogP contribution in [-0.2, 0) is 9.59 Å². The fraction of sp³-hybridized carbons (Fsp3) is 0.200. The summed E-state index contributed by atoms with van der Waals surface area (Å²) < 4.78 is 0. The maximum atomic E-state index is 10.4. The molecule has 0 fully saturated rings. The van der Waals surface area contributed by atoms with Gasteiger partial charge in [-0.05, 0) is 0 Å². The van der Waals surface area contributed by atoms with Crippen LogP contribution in [0.25, 0.3) is 0 Å². The van der Waals surface area contributed by atoms with Crippen LogP contribution in [0, 0.1) is 0 Å². The van der Waals surface area contributed by atoms with Crippen LogP contribution in [0.3, 0.4) is 0 Å². The van der Waals surface area contributed by atoms with E-state index in [1.54, 1.807) is 0 Å². The lowest BCUT2D eigenvalue weighted by Gasteiger charge is -1.80. The third-order valence-electron chi connectivity index (χ3n) is 0.853. The fourth-order valence-corrected chi connectivity index (χ4v) is 0.357. The van der Waals surface area contributed by atoms with E-state index in [2.05, 4.69) is 5.32 Å². The van der Waals surface area contributed by atoms with E-state index in [0.29, 0.717) is 5.70 Å². The van der Waals surface area contributed by atoms with Gasteiger partial charge in [-0.1, -0.05) is 0 Å². The van der Waals surface area contributed by atoms with Crippen molar-refractivity contribution in [1.29, 1.82) is 0 Å². The highest BCUT2D eigenvalue weighted by Crippen LogP contribution is 2.01. The first kappa shape index (κ1) is 5.03. The highest BCUT2D eigenvalue weighted by Gasteiger charge is 2.19. The first-order valence-corrected chi connectivity index (χ1v) is 2.24. The van der Waals surface area contributed by atoms with E-state index in [-0.39, 0.29) is 0 Å². The molecule has 0 aliphatic carbocycles. The molecule has 1 rings (SSSR count). The third kappa shape index (κ3) is 0.753. The molecular weight excluding hydrogens is 106 g/mol. The van der Waals surface area contributed by atoms with Gasteiger partial charge in [-0.2, -0.15) is 0 Å². The van der Waals surface area contributed by atoms with Gasteiger partial charge in [-0.15, -0.1) is 0 Å². The molecule has 8 heavy (non-hydrogen) atoms. The predicted octanol–water partition coefficient (Wildman–Crippen LogP) is -0.411. The Morgan fingerprint density at radius 2 is 2.12 bits per heavy atom. The molecule has 3 heteroatoms. The molecule has 0 bridgehead atoms. The van der Waals surface area contributed by atoms with Crippen molar-refractivity contribution in [3.63, 3.8) is 0 Å².